The first kappa shape index (κ1) is 13.1. The van der Waals surface area contributed by atoms with Gasteiger partial charge in [0, 0.05) is 0 Å². The maximum atomic E-state index is 11.8. The molecule has 0 saturated heterocycles. The summed E-state index contributed by atoms with van der Waals surface area (Å²) in [5, 5.41) is 8.58. The van der Waals surface area contributed by atoms with E-state index in [-0.39, 0.29) is 13.0 Å². The molecule has 0 aromatic heterocycles. The van der Waals surface area contributed by atoms with E-state index in [0.29, 0.717) is 24.4 Å². The molecule has 1 aliphatic rings. The zero-order valence-electron chi connectivity index (χ0n) is 10.3. The van der Waals surface area contributed by atoms with Crippen LogP contribution in [0.25, 0.3) is 0 Å². The summed E-state index contributed by atoms with van der Waals surface area (Å²) in [5.74, 6) is -0.536. The molecular weight excluding hydrogens is 246 g/mol. The highest BCUT2D eigenvalue weighted by atomic mass is 16.5. The van der Waals surface area contributed by atoms with Crippen LogP contribution in [0.1, 0.15) is 12.0 Å². The summed E-state index contributed by atoms with van der Waals surface area (Å²) in [6.45, 7) is 0.278. The summed E-state index contributed by atoms with van der Waals surface area (Å²) in [4.78, 5) is 24.6. The van der Waals surface area contributed by atoms with Crippen LogP contribution >= 0.6 is 0 Å². The van der Waals surface area contributed by atoms with E-state index in [2.05, 4.69) is 0 Å². The lowest BCUT2D eigenvalue weighted by Gasteiger charge is -2.27. The Kier molecular flexibility index (Phi) is 3.78. The molecule has 6 heteroatoms. The van der Waals surface area contributed by atoms with Gasteiger partial charge in [-0.25, -0.2) is 4.90 Å². The van der Waals surface area contributed by atoms with E-state index in [4.69, 9.17) is 15.7 Å². The molecule has 0 saturated carbocycles. The van der Waals surface area contributed by atoms with Gasteiger partial charge in [0.1, 0.15) is 12.2 Å². The predicted octanol–water partition coefficient (Wildman–Crippen LogP) is 0.353. The minimum absolute atomic E-state index is 0.194. The summed E-state index contributed by atoms with van der Waals surface area (Å²) in [7, 11) is 0. The largest absolute Gasteiger partial charge is 0.482 e. The topological polar surface area (TPSA) is 96.4 Å². The maximum absolute atomic E-state index is 11.8. The molecule has 0 aliphatic carbocycles. The van der Waals surface area contributed by atoms with E-state index in [1.807, 2.05) is 6.07 Å². The van der Waals surface area contributed by atoms with Crippen LogP contribution in [0.3, 0.4) is 0 Å². The van der Waals surface area contributed by atoms with E-state index in [9.17, 15) is 9.59 Å². The van der Waals surface area contributed by atoms with Crippen LogP contribution in [0, 0.1) is 11.3 Å². The fourth-order valence-electron chi connectivity index (χ4n) is 1.94. The van der Waals surface area contributed by atoms with E-state index < -0.39 is 11.8 Å². The summed E-state index contributed by atoms with van der Waals surface area (Å²) >= 11 is 0. The number of hydrogen-bond donors (Lipinski definition) is 1. The minimum atomic E-state index is -0.540. The molecule has 1 aromatic carbocycles. The number of hydrogen-bond acceptors (Lipinski definition) is 5. The van der Waals surface area contributed by atoms with E-state index >= 15 is 0 Å². The molecule has 2 N–H and O–H groups in total. The number of carbonyl (C=O) groups excluding carboxylic acids is 2. The summed E-state index contributed by atoms with van der Waals surface area (Å²) < 4.78 is 5.27. The molecular formula is C13H13N3O3. The molecule has 1 aliphatic heterocycles. The Labute approximate surface area is 110 Å². The normalized spacial score (nSPS) is 13.5. The van der Waals surface area contributed by atoms with Crippen molar-refractivity contribution in [3.05, 3.63) is 23.8 Å². The van der Waals surface area contributed by atoms with Crippen LogP contribution in [0.4, 0.5) is 5.69 Å². The third-order valence-electron chi connectivity index (χ3n) is 2.78. The number of nitriles is 1. The Bertz CT molecular complexity index is 563. The number of amides is 2. The van der Waals surface area contributed by atoms with Crippen molar-refractivity contribution in [1.29, 1.82) is 5.26 Å². The SMILES string of the molecule is N#CCC(=O)N1C(=O)COc2ccc(CCN)cc21. The van der Waals surface area contributed by atoms with Gasteiger partial charge in [-0.05, 0) is 30.7 Å². The van der Waals surface area contributed by atoms with Gasteiger partial charge in [-0.2, -0.15) is 5.26 Å². The van der Waals surface area contributed by atoms with Crippen LogP contribution in [0.2, 0.25) is 0 Å². The van der Waals surface area contributed by atoms with Crippen molar-refractivity contribution in [2.45, 2.75) is 12.8 Å². The van der Waals surface area contributed by atoms with Gasteiger partial charge >= 0.3 is 0 Å². The standard InChI is InChI=1S/C13H13N3O3/c14-5-3-9-1-2-11-10(7-9)16(12(17)4-6-15)13(18)8-19-11/h1-2,7H,3-5,8,14H2. The Morgan fingerprint density at radius 2 is 2.32 bits per heavy atom. The highest BCUT2D eigenvalue weighted by molar-refractivity contribution is 6.17. The molecule has 0 spiro atoms. The van der Waals surface area contributed by atoms with Gasteiger partial charge < -0.3 is 10.5 Å². The highest BCUT2D eigenvalue weighted by Gasteiger charge is 2.30. The Morgan fingerprint density at radius 1 is 1.53 bits per heavy atom. The number of anilines is 1. The van der Waals surface area contributed by atoms with Crippen molar-refractivity contribution in [3.63, 3.8) is 0 Å². The molecule has 98 valence electrons. The monoisotopic (exact) mass is 259 g/mol. The second-order valence-electron chi connectivity index (χ2n) is 4.09. The quantitative estimate of drug-likeness (QED) is 0.845. The van der Waals surface area contributed by atoms with E-state index in [1.165, 1.54) is 0 Å². The maximum Gasteiger partial charge on any atom is 0.271 e. The number of rotatable bonds is 3. The molecule has 0 unspecified atom stereocenters. The fraction of sp³-hybridized carbons (Fsp3) is 0.308. The Hall–Kier alpha value is -2.39. The molecule has 0 bridgehead atoms. The lowest BCUT2D eigenvalue weighted by Crippen LogP contribution is -2.43. The van der Waals surface area contributed by atoms with Gasteiger partial charge in [0.25, 0.3) is 5.91 Å². The third-order valence-corrected chi connectivity index (χ3v) is 2.78. The van der Waals surface area contributed by atoms with Crippen LogP contribution in [0.15, 0.2) is 18.2 Å². The molecule has 19 heavy (non-hydrogen) atoms. The molecule has 1 heterocycles. The zero-order valence-corrected chi connectivity index (χ0v) is 10.3. The first-order valence-electron chi connectivity index (χ1n) is 5.86. The van der Waals surface area contributed by atoms with Crippen molar-refractivity contribution in [1.82, 2.24) is 0 Å². The van der Waals surface area contributed by atoms with Gasteiger partial charge in [-0.1, -0.05) is 6.07 Å². The molecule has 0 atom stereocenters. The van der Waals surface area contributed by atoms with Crippen molar-refractivity contribution in [2.24, 2.45) is 5.73 Å². The van der Waals surface area contributed by atoms with E-state index in [0.717, 1.165) is 10.5 Å². The third kappa shape index (κ3) is 2.56. The zero-order chi connectivity index (χ0) is 13.8. The number of ether oxygens (including phenoxy) is 1. The molecule has 0 fully saturated rings. The average Bonchev–Trinajstić information content (AvgIpc) is 2.39. The lowest BCUT2D eigenvalue weighted by molar-refractivity contribution is -0.128. The Balaban J connectivity index is 2.41. The van der Waals surface area contributed by atoms with Gasteiger partial charge in [0.05, 0.1) is 11.8 Å². The smallest absolute Gasteiger partial charge is 0.271 e. The number of fused-ring (bicyclic) bond motifs is 1. The van der Waals surface area contributed by atoms with Gasteiger partial charge in [0.2, 0.25) is 5.91 Å². The number of nitrogens with zero attached hydrogens (tertiary/aromatic N) is 2. The number of carbonyl (C=O) groups is 2. The van der Waals surface area contributed by atoms with Crippen LogP contribution in [-0.2, 0) is 16.0 Å². The molecule has 6 nitrogen and oxygen atoms in total. The summed E-state index contributed by atoms with van der Waals surface area (Å²) in [6.07, 6.45) is 0.300. The van der Waals surface area contributed by atoms with E-state index in [1.54, 1.807) is 18.2 Å². The molecule has 1 aromatic rings. The summed E-state index contributed by atoms with van der Waals surface area (Å²) in [5.41, 5.74) is 6.79. The van der Waals surface area contributed by atoms with Crippen LogP contribution in [0.5, 0.6) is 5.75 Å². The molecule has 2 amide bonds. The average molecular weight is 259 g/mol. The second-order valence-corrected chi connectivity index (χ2v) is 4.09. The van der Waals surface area contributed by atoms with Gasteiger partial charge in [-0.15, -0.1) is 0 Å². The predicted molar refractivity (Wildman–Crippen MR) is 67.4 cm³/mol. The number of benzene rings is 1. The van der Waals surface area contributed by atoms with Crippen molar-refractivity contribution >= 4 is 17.5 Å². The Morgan fingerprint density at radius 3 is 3.00 bits per heavy atom. The second kappa shape index (κ2) is 5.50. The summed E-state index contributed by atoms with van der Waals surface area (Å²) in [6, 6.07) is 7.00. The van der Waals surface area contributed by atoms with Crippen LogP contribution in [-0.4, -0.2) is 25.0 Å². The van der Waals surface area contributed by atoms with Gasteiger partial charge in [-0.3, -0.25) is 9.59 Å². The van der Waals surface area contributed by atoms with Crippen molar-refractivity contribution in [3.8, 4) is 11.8 Å². The minimum Gasteiger partial charge on any atom is -0.482 e. The highest BCUT2D eigenvalue weighted by Crippen LogP contribution is 2.33. The molecule has 2 rings (SSSR count). The fourth-order valence-corrected chi connectivity index (χ4v) is 1.94. The number of nitrogens with two attached hydrogens (primary N) is 1. The number of imide groups is 1. The van der Waals surface area contributed by atoms with Gasteiger partial charge in [0.15, 0.2) is 6.61 Å². The molecule has 0 radical (unpaired) electrons. The van der Waals surface area contributed by atoms with Crippen molar-refractivity contribution < 1.29 is 14.3 Å². The lowest BCUT2D eigenvalue weighted by atomic mass is 10.1. The van der Waals surface area contributed by atoms with Crippen LogP contribution < -0.4 is 15.4 Å². The first-order chi connectivity index (χ1) is 9.17. The van der Waals surface area contributed by atoms with Crippen molar-refractivity contribution in [2.75, 3.05) is 18.1 Å². The first-order valence-corrected chi connectivity index (χ1v) is 5.86.